The quantitative estimate of drug-likeness (QED) is 0.884. The van der Waals surface area contributed by atoms with Gasteiger partial charge in [-0.1, -0.05) is 30.2 Å². The van der Waals surface area contributed by atoms with E-state index in [1.54, 1.807) is 0 Å². The summed E-state index contributed by atoms with van der Waals surface area (Å²) >= 11 is 0. The van der Waals surface area contributed by atoms with Crippen molar-refractivity contribution in [3.8, 4) is 0 Å². The Kier molecular flexibility index (Phi) is 3.64. The van der Waals surface area contributed by atoms with Crippen LogP contribution in [0.3, 0.4) is 0 Å². The molecule has 2 N–H and O–H groups in total. The molecule has 1 saturated heterocycles. The monoisotopic (exact) mass is 258 g/mol. The molecule has 2 nitrogen and oxygen atoms in total. The molecule has 3 unspecified atom stereocenters. The predicted octanol–water partition coefficient (Wildman–Crippen LogP) is 2.86. The van der Waals surface area contributed by atoms with Crippen molar-refractivity contribution < 1.29 is 0 Å². The third-order valence-electron chi connectivity index (χ3n) is 5.13. The molecular formula is C17H26N2. The van der Waals surface area contributed by atoms with E-state index in [1.165, 1.54) is 49.0 Å². The van der Waals surface area contributed by atoms with Crippen LogP contribution in [0.5, 0.6) is 0 Å². The van der Waals surface area contributed by atoms with Crippen molar-refractivity contribution >= 4 is 0 Å². The van der Waals surface area contributed by atoms with Crippen molar-refractivity contribution in [2.75, 3.05) is 13.1 Å². The average Bonchev–Trinajstić information content (AvgIpc) is 2.78. The van der Waals surface area contributed by atoms with Crippen LogP contribution in [-0.2, 0) is 6.54 Å². The number of hydrogen-bond donors (Lipinski definition) is 1. The Morgan fingerprint density at radius 1 is 1.21 bits per heavy atom. The number of rotatable bonds is 2. The topological polar surface area (TPSA) is 29.3 Å². The Balaban J connectivity index is 1.70. The fourth-order valence-corrected chi connectivity index (χ4v) is 3.95. The van der Waals surface area contributed by atoms with Gasteiger partial charge in [-0.15, -0.1) is 0 Å². The largest absolute Gasteiger partial charge is 0.327 e. The van der Waals surface area contributed by atoms with Gasteiger partial charge >= 0.3 is 0 Å². The van der Waals surface area contributed by atoms with Crippen LogP contribution in [-0.4, -0.2) is 24.0 Å². The van der Waals surface area contributed by atoms with E-state index in [0.717, 1.165) is 18.4 Å². The summed E-state index contributed by atoms with van der Waals surface area (Å²) < 4.78 is 0. The first-order valence-corrected chi connectivity index (χ1v) is 7.67. The van der Waals surface area contributed by atoms with Crippen molar-refractivity contribution in [3.05, 3.63) is 34.9 Å². The Labute approximate surface area is 117 Å². The van der Waals surface area contributed by atoms with E-state index in [4.69, 9.17) is 5.73 Å². The minimum Gasteiger partial charge on any atom is -0.327 e. The number of nitrogens with zero attached hydrogens (tertiary/aromatic N) is 1. The second-order valence-corrected chi connectivity index (χ2v) is 6.64. The first-order valence-electron chi connectivity index (χ1n) is 7.67. The van der Waals surface area contributed by atoms with Gasteiger partial charge in [0.15, 0.2) is 0 Å². The lowest BCUT2D eigenvalue weighted by molar-refractivity contribution is 0.259. The van der Waals surface area contributed by atoms with Gasteiger partial charge in [0.2, 0.25) is 0 Å². The summed E-state index contributed by atoms with van der Waals surface area (Å²) in [5, 5.41) is 0. The normalized spacial score (nSPS) is 31.4. The summed E-state index contributed by atoms with van der Waals surface area (Å²) in [6.45, 7) is 7.98. The molecule has 1 saturated carbocycles. The second-order valence-electron chi connectivity index (χ2n) is 6.64. The molecule has 2 aliphatic rings. The van der Waals surface area contributed by atoms with E-state index in [0.29, 0.717) is 6.04 Å². The van der Waals surface area contributed by atoms with Gasteiger partial charge < -0.3 is 5.73 Å². The minimum absolute atomic E-state index is 0.447. The van der Waals surface area contributed by atoms with Gasteiger partial charge in [-0.05, 0) is 49.7 Å². The standard InChI is InChI=1S/C17H26N2/c1-12-6-7-13(2)15(8-12)10-19-9-14-4-3-5-17(18)16(14)11-19/h6-8,14,16-17H,3-5,9-11,18H2,1-2H3. The molecular weight excluding hydrogens is 232 g/mol. The highest BCUT2D eigenvalue weighted by atomic mass is 15.2. The van der Waals surface area contributed by atoms with Crippen LogP contribution in [0.25, 0.3) is 0 Å². The number of fused-ring (bicyclic) bond motifs is 1. The van der Waals surface area contributed by atoms with Crippen LogP contribution in [0.2, 0.25) is 0 Å². The minimum atomic E-state index is 0.447. The molecule has 3 atom stereocenters. The molecule has 1 aliphatic heterocycles. The third-order valence-corrected chi connectivity index (χ3v) is 5.13. The molecule has 3 rings (SSSR count). The SMILES string of the molecule is Cc1ccc(C)c(CN2CC3CCCC(N)C3C2)c1. The molecule has 2 fully saturated rings. The Bertz CT molecular complexity index is 455. The van der Waals surface area contributed by atoms with Crippen LogP contribution in [0.4, 0.5) is 0 Å². The highest BCUT2D eigenvalue weighted by Gasteiger charge is 2.38. The Morgan fingerprint density at radius 2 is 2.05 bits per heavy atom. The summed E-state index contributed by atoms with van der Waals surface area (Å²) in [4.78, 5) is 2.63. The first kappa shape index (κ1) is 13.1. The third kappa shape index (κ3) is 2.70. The zero-order chi connectivity index (χ0) is 13.4. The molecule has 0 aromatic heterocycles. The summed E-state index contributed by atoms with van der Waals surface area (Å²) in [5.41, 5.74) is 10.6. The summed E-state index contributed by atoms with van der Waals surface area (Å²) in [6.07, 6.45) is 3.96. The molecule has 2 heteroatoms. The molecule has 104 valence electrons. The predicted molar refractivity (Wildman–Crippen MR) is 80.0 cm³/mol. The molecule has 1 aliphatic carbocycles. The molecule has 0 bridgehead atoms. The number of benzene rings is 1. The molecule has 19 heavy (non-hydrogen) atoms. The van der Waals surface area contributed by atoms with E-state index in [-0.39, 0.29) is 0 Å². The van der Waals surface area contributed by atoms with Gasteiger partial charge in [0.25, 0.3) is 0 Å². The molecule has 1 heterocycles. The van der Waals surface area contributed by atoms with E-state index < -0.39 is 0 Å². The van der Waals surface area contributed by atoms with Gasteiger partial charge in [-0.25, -0.2) is 0 Å². The van der Waals surface area contributed by atoms with Crippen molar-refractivity contribution in [3.63, 3.8) is 0 Å². The van der Waals surface area contributed by atoms with Gasteiger partial charge in [0.1, 0.15) is 0 Å². The van der Waals surface area contributed by atoms with Crippen LogP contribution < -0.4 is 5.73 Å². The maximum absolute atomic E-state index is 6.30. The van der Waals surface area contributed by atoms with Crippen molar-refractivity contribution in [2.45, 2.75) is 45.7 Å². The Hall–Kier alpha value is -0.860. The number of nitrogens with two attached hydrogens (primary N) is 1. The summed E-state index contributed by atoms with van der Waals surface area (Å²) in [6, 6.07) is 7.25. The van der Waals surface area contributed by atoms with E-state index >= 15 is 0 Å². The fourth-order valence-electron chi connectivity index (χ4n) is 3.95. The van der Waals surface area contributed by atoms with Crippen LogP contribution in [0, 0.1) is 25.7 Å². The zero-order valence-electron chi connectivity index (χ0n) is 12.2. The molecule has 0 radical (unpaired) electrons. The second kappa shape index (κ2) is 5.26. The average molecular weight is 258 g/mol. The lowest BCUT2D eigenvalue weighted by Crippen LogP contribution is -2.38. The van der Waals surface area contributed by atoms with E-state index in [9.17, 15) is 0 Å². The lowest BCUT2D eigenvalue weighted by Gasteiger charge is -2.29. The number of likely N-dealkylation sites (tertiary alicyclic amines) is 1. The molecule has 0 amide bonds. The molecule has 0 spiro atoms. The first-order chi connectivity index (χ1) is 9.13. The number of aryl methyl sites for hydroxylation is 2. The maximum Gasteiger partial charge on any atom is 0.0236 e. The fraction of sp³-hybridized carbons (Fsp3) is 0.647. The summed E-state index contributed by atoms with van der Waals surface area (Å²) in [5.74, 6) is 1.60. The smallest absolute Gasteiger partial charge is 0.0236 e. The van der Waals surface area contributed by atoms with Crippen molar-refractivity contribution in [1.29, 1.82) is 0 Å². The van der Waals surface area contributed by atoms with Crippen molar-refractivity contribution in [2.24, 2.45) is 17.6 Å². The molecule has 1 aromatic rings. The zero-order valence-corrected chi connectivity index (χ0v) is 12.2. The Morgan fingerprint density at radius 3 is 2.84 bits per heavy atom. The summed E-state index contributed by atoms with van der Waals surface area (Å²) in [7, 11) is 0. The maximum atomic E-state index is 6.30. The number of hydrogen-bond acceptors (Lipinski definition) is 2. The van der Waals surface area contributed by atoms with E-state index in [1.807, 2.05) is 0 Å². The lowest BCUT2D eigenvalue weighted by atomic mass is 9.78. The van der Waals surface area contributed by atoms with Gasteiger partial charge in [-0.3, -0.25) is 4.90 Å². The molecule has 1 aromatic carbocycles. The van der Waals surface area contributed by atoms with Gasteiger partial charge in [0.05, 0.1) is 0 Å². The highest BCUT2D eigenvalue weighted by Crippen LogP contribution is 2.36. The van der Waals surface area contributed by atoms with Crippen LogP contribution in [0.1, 0.15) is 36.0 Å². The van der Waals surface area contributed by atoms with E-state index in [2.05, 4.69) is 36.9 Å². The van der Waals surface area contributed by atoms with Gasteiger partial charge in [0, 0.05) is 25.7 Å². The van der Waals surface area contributed by atoms with Gasteiger partial charge in [-0.2, -0.15) is 0 Å². The van der Waals surface area contributed by atoms with Crippen LogP contribution in [0.15, 0.2) is 18.2 Å². The highest BCUT2D eigenvalue weighted by molar-refractivity contribution is 5.30. The van der Waals surface area contributed by atoms with Crippen LogP contribution >= 0.6 is 0 Å². The van der Waals surface area contributed by atoms with Crippen molar-refractivity contribution in [1.82, 2.24) is 4.90 Å².